The zero-order chi connectivity index (χ0) is 13.5. The molecule has 0 fully saturated rings. The van der Waals surface area contributed by atoms with Crippen LogP contribution in [-0.4, -0.2) is 17.8 Å². The highest BCUT2D eigenvalue weighted by Crippen LogP contribution is 2.10. The van der Waals surface area contributed by atoms with Crippen molar-refractivity contribution in [2.45, 2.75) is 31.6 Å². The molecule has 0 aliphatic carbocycles. The molecule has 0 heterocycles. The molecule has 1 atom stereocenters. The van der Waals surface area contributed by atoms with E-state index in [2.05, 4.69) is 5.32 Å². The zero-order valence-corrected chi connectivity index (χ0v) is 10.9. The summed E-state index contributed by atoms with van der Waals surface area (Å²) in [5, 5.41) is 2.75. The molecule has 18 heavy (non-hydrogen) atoms. The molecule has 1 N–H and O–H groups in total. The van der Waals surface area contributed by atoms with Crippen LogP contribution in [0.15, 0.2) is 18.2 Å². The lowest BCUT2D eigenvalue weighted by Crippen LogP contribution is -2.26. The maximum Gasteiger partial charge on any atom is 0.224 e. The monoisotopic (exact) mass is 275 g/mol. The molecular weight excluding hydrogens is 260 g/mol. The minimum Gasteiger partial charge on any atom is -0.356 e. The summed E-state index contributed by atoms with van der Waals surface area (Å²) in [6.07, 6.45) is 1.51. The van der Waals surface area contributed by atoms with Crippen molar-refractivity contribution >= 4 is 17.5 Å². The average Bonchev–Trinajstić information content (AvgIpc) is 2.28. The molecule has 2 nitrogen and oxygen atoms in total. The smallest absolute Gasteiger partial charge is 0.224 e. The molecule has 0 aliphatic rings. The van der Waals surface area contributed by atoms with E-state index in [1.54, 1.807) is 0 Å². The molecule has 0 aromatic heterocycles. The molecule has 1 aromatic rings. The van der Waals surface area contributed by atoms with Crippen molar-refractivity contribution in [3.8, 4) is 0 Å². The number of hydrogen-bond donors (Lipinski definition) is 1. The van der Waals surface area contributed by atoms with Gasteiger partial charge in [0.15, 0.2) is 0 Å². The number of benzene rings is 1. The fourth-order valence-electron chi connectivity index (χ4n) is 1.51. The summed E-state index contributed by atoms with van der Waals surface area (Å²) >= 11 is 5.76. The van der Waals surface area contributed by atoms with Gasteiger partial charge < -0.3 is 5.32 Å². The van der Waals surface area contributed by atoms with Gasteiger partial charge in [0.05, 0.1) is 6.42 Å². The van der Waals surface area contributed by atoms with Gasteiger partial charge in [-0.3, -0.25) is 4.79 Å². The molecule has 0 radical (unpaired) electrons. The number of carbonyl (C=O) groups is 1. The summed E-state index contributed by atoms with van der Waals surface area (Å²) in [5.41, 5.74) is 0.194. The van der Waals surface area contributed by atoms with Crippen LogP contribution in [0.4, 0.5) is 8.78 Å². The Labute approximate surface area is 110 Å². The van der Waals surface area contributed by atoms with E-state index < -0.39 is 11.6 Å². The fourth-order valence-corrected chi connectivity index (χ4v) is 1.67. The van der Waals surface area contributed by atoms with Crippen molar-refractivity contribution in [2.24, 2.45) is 0 Å². The normalized spacial score (nSPS) is 12.2. The van der Waals surface area contributed by atoms with Gasteiger partial charge in [-0.15, -0.1) is 11.6 Å². The molecule has 100 valence electrons. The van der Waals surface area contributed by atoms with E-state index in [1.165, 1.54) is 6.07 Å². The molecule has 0 bridgehead atoms. The Morgan fingerprint density at radius 2 is 2.17 bits per heavy atom. The molecule has 1 rings (SSSR count). The third-order valence-corrected chi connectivity index (χ3v) is 2.69. The highest BCUT2D eigenvalue weighted by Gasteiger charge is 2.08. The Hall–Kier alpha value is -1.16. The Balaban J connectivity index is 2.35. The summed E-state index contributed by atoms with van der Waals surface area (Å²) in [6.45, 7) is 2.40. The van der Waals surface area contributed by atoms with Crippen LogP contribution in [0.3, 0.4) is 0 Å². The predicted molar refractivity (Wildman–Crippen MR) is 67.6 cm³/mol. The highest BCUT2D eigenvalue weighted by molar-refractivity contribution is 6.20. The standard InChI is InChI=1S/C13H16ClF2NO/c1-9(14)3-2-6-17-13(18)7-10-4-5-11(15)8-12(10)16/h4-5,8-9H,2-3,6-7H2,1H3,(H,17,18). The van der Waals surface area contributed by atoms with Crippen molar-refractivity contribution in [1.29, 1.82) is 0 Å². The van der Waals surface area contributed by atoms with Crippen LogP contribution >= 0.6 is 11.6 Å². The molecule has 5 heteroatoms. The molecule has 1 unspecified atom stereocenters. The van der Waals surface area contributed by atoms with Crippen molar-refractivity contribution in [2.75, 3.05) is 6.54 Å². The summed E-state index contributed by atoms with van der Waals surface area (Å²) in [4.78, 5) is 11.5. The molecule has 0 saturated heterocycles. The summed E-state index contributed by atoms with van der Waals surface area (Å²) < 4.78 is 25.9. The Bertz CT molecular complexity index is 410. The maximum atomic E-state index is 13.3. The van der Waals surface area contributed by atoms with Crippen molar-refractivity contribution < 1.29 is 13.6 Å². The third-order valence-electron chi connectivity index (χ3n) is 2.47. The minimum absolute atomic E-state index is 0.0800. The van der Waals surface area contributed by atoms with Crippen LogP contribution in [0.5, 0.6) is 0 Å². The van der Waals surface area contributed by atoms with E-state index >= 15 is 0 Å². The zero-order valence-electron chi connectivity index (χ0n) is 10.2. The predicted octanol–water partition coefficient (Wildman–Crippen LogP) is 3.03. The van der Waals surface area contributed by atoms with Crippen LogP contribution in [0.1, 0.15) is 25.3 Å². The minimum atomic E-state index is -0.695. The lowest BCUT2D eigenvalue weighted by atomic mass is 10.1. The largest absolute Gasteiger partial charge is 0.356 e. The first kappa shape index (κ1) is 14.9. The fraction of sp³-hybridized carbons (Fsp3) is 0.462. The second-order valence-corrected chi connectivity index (χ2v) is 4.93. The van der Waals surface area contributed by atoms with Crippen molar-refractivity contribution in [3.05, 3.63) is 35.4 Å². The van der Waals surface area contributed by atoms with Gasteiger partial charge in [0.1, 0.15) is 11.6 Å². The van der Waals surface area contributed by atoms with Gasteiger partial charge in [0.25, 0.3) is 0 Å². The second kappa shape index (κ2) is 7.31. The second-order valence-electron chi connectivity index (χ2n) is 4.19. The van der Waals surface area contributed by atoms with Gasteiger partial charge in [-0.25, -0.2) is 8.78 Å². The molecule has 0 aliphatic heterocycles. The van der Waals surface area contributed by atoms with Crippen molar-refractivity contribution in [3.63, 3.8) is 0 Å². The number of carbonyl (C=O) groups excluding carboxylic acids is 1. The lowest BCUT2D eigenvalue weighted by molar-refractivity contribution is -0.120. The van der Waals surface area contributed by atoms with Crippen LogP contribution in [0.25, 0.3) is 0 Å². The van der Waals surface area contributed by atoms with E-state index in [9.17, 15) is 13.6 Å². The lowest BCUT2D eigenvalue weighted by Gasteiger charge is -2.07. The summed E-state index contributed by atoms with van der Waals surface area (Å²) in [7, 11) is 0. The Kier molecular flexibility index (Phi) is 6.05. The SMILES string of the molecule is CC(Cl)CCCNC(=O)Cc1ccc(F)cc1F. The first-order valence-electron chi connectivity index (χ1n) is 5.83. The van der Waals surface area contributed by atoms with E-state index in [-0.39, 0.29) is 23.3 Å². The van der Waals surface area contributed by atoms with Crippen LogP contribution in [0.2, 0.25) is 0 Å². The number of alkyl halides is 1. The average molecular weight is 276 g/mol. The molecule has 0 spiro atoms. The van der Waals surface area contributed by atoms with Crippen LogP contribution in [0, 0.1) is 11.6 Å². The summed E-state index contributed by atoms with van der Waals surface area (Å²) in [5.74, 6) is -1.62. The molecule has 0 saturated carbocycles. The van der Waals surface area contributed by atoms with Crippen LogP contribution < -0.4 is 5.32 Å². The number of amides is 1. The van der Waals surface area contributed by atoms with Crippen LogP contribution in [-0.2, 0) is 11.2 Å². The molecular formula is C13H16ClF2NO. The van der Waals surface area contributed by atoms with E-state index in [4.69, 9.17) is 11.6 Å². The molecule has 1 aromatic carbocycles. The Morgan fingerprint density at radius 1 is 1.44 bits per heavy atom. The number of nitrogens with one attached hydrogen (secondary N) is 1. The maximum absolute atomic E-state index is 13.3. The number of hydrogen-bond acceptors (Lipinski definition) is 1. The van der Waals surface area contributed by atoms with Gasteiger partial charge in [-0.1, -0.05) is 6.07 Å². The van der Waals surface area contributed by atoms with Gasteiger partial charge >= 0.3 is 0 Å². The number of rotatable bonds is 6. The van der Waals surface area contributed by atoms with E-state index in [1.807, 2.05) is 6.92 Å². The first-order valence-corrected chi connectivity index (χ1v) is 6.27. The summed E-state index contributed by atoms with van der Waals surface area (Å²) in [6, 6.07) is 3.20. The van der Waals surface area contributed by atoms with Gasteiger partial charge in [0, 0.05) is 18.0 Å². The quantitative estimate of drug-likeness (QED) is 0.627. The van der Waals surface area contributed by atoms with Gasteiger partial charge in [-0.05, 0) is 31.4 Å². The topological polar surface area (TPSA) is 29.1 Å². The first-order chi connectivity index (χ1) is 8.49. The third kappa shape index (κ3) is 5.45. The Morgan fingerprint density at radius 3 is 2.78 bits per heavy atom. The van der Waals surface area contributed by atoms with Gasteiger partial charge in [-0.2, -0.15) is 0 Å². The van der Waals surface area contributed by atoms with E-state index in [0.29, 0.717) is 6.54 Å². The van der Waals surface area contributed by atoms with Crippen molar-refractivity contribution in [1.82, 2.24) is 5.32 Å². The van der Waals surface area contributed by atoms with Gasteiger partial charge in [0.2, 0.25) is 5.91 Å². The highest BCUT2D eigenvalue weighted by atomic mass is 35.5. The molecule has 1 amide bonds. The van der Waals surface area contributed by atoms with E-state index in [0.717, 1.165) is 25.0 Å². The number of halogens is 3.